The van der Waals surface area contributed by atoms with Gasteiger partial charge < -0.3 is 11.1 Å². The maximum atomic E-state index is 13.5. The highest BCUT2D eigenvalue weighted by molar-refractivity contribution is 9.10. The molecule has 2 aromatic carbocycles. The lowest BCUT2D eigenvalue weighted by Crippen LogP contribution is -2.14. The minimum Gasteiger partial charge on any atom is -0.396 e. The predicted molar refractivity (Wildman–Crippen MR) is 72.9 cm³/mol. The van der Waals surface area contributed by atoms with Crippen LogP contribution in [0.2, 0.25) is 0 Å². The number of carbonyl (C=O) groups excluding carboxylic acids is 1. The van der Waals surface area contributed by atoms with E-state index in [1.54, 1.807) is 6.07 Å². The Hall–Kier alpha value is -1.95. The van der Waals surface area contributed by atoms with Gasteiger partial charge in [0.05, 0.1) is 11.4 Å². The lowest BCUT2D eigenvalue weighted by atomic mass is 10.1. The summed E-state index contributed by atoms with van der Waals surface area (Å²) in [6.45, 7) is 0. The fourth-order valence-electron chi connectivity index (χ4n) is 1.49. The van der Waals surface area contributed by atoms with Crippen molar-refractivity contribution >= 4 is 33.2 Å². The second kappa shape index (κ2) is 5.36. The monoisotopic (exact) mass is 326 g/mol. The molecule has 0 fully saturated rings. The third-order valence-electron chi connectivity index (χ3n) is 2.46. The van der Waals surface area contributed by atoms with Gasteiger partial charge in [0.1, 0.15) is 11.6 Å². The van der Waals surface area contributed by atoms with Crippen LogP contribution in [0.4, 0.5) is 20.2 Å². The van der Waals surface area contributed by atoms with Crippen LogP contribution < -0.4 is 11.1 Å². The number of hydrogen-bond acceptors (Lipinski definition) is 2. The highest BCUT2D eigenvalue weighted by Gasteiger charge is 2.13. The van der Waals surface area contributed by atoms with E-state index in [1.165, 1.54) is 24.3 Å². The van der Waals surface area contributed by atoms with Gasteiger partial charge in [0.15, 0.2) is 0 Å². The molecule has 0 aliphatic rings. The number of carbonyl (C=O) groups is 1. The number of nitrogens with two attached hydrogens (primary N) is 1. The number of nitrogen functional groups attached to an aromatic ring is 1. The number of benzene rings is 2. The molecule has 0 spiro atoms. The van der Waals surface area contributed by atoms with E-state index in [1.807, 2.05) is 0 Å². The van der Waals surface area contributed by atoms with Crippen LogP contribution in [0.15, 0.2) is 40.9 Å². The quantitative estimate of drug-likeness (QED) is 0.829. The molecule has 0 saturated carbocycles. The first-order chi connectivity index (χ1) is 8.99. The van der Waals surface area contributed by atoms with Crippen LogP contribution >= 0.6 is 15.9 Å². The van der Waals surface area contributed by atoms with E-state index in [0.29, 0.717) is 4.47 Å². The van der Waals surface area contributed by atoms with Crippen LogP contribution in [0.25, 0.3) is 0 Å². The van der Waals surface area contributed by atoms with E-state index in [0.717, 1.165) is 6.07 Å². The summed E-state index contributed by atoms with van der Waals surface area (Å²) in [7, 11) is 0. The minimum absolute atomic E-state index is 0.0235. The summed E-state index contributed by atoms with van der Waals surface area (Å²) >= 11 is 3.13. The van der Waals surface area contributed by atoms with Gasteiger partial charge >= 0.3 is 0 Å². The zero-order valence-electron chi connectivity index (χ0n) is 9.58. The molecule has 2 rings (SSSR count). The molecule has 19 heavy (non-hydrogen) atoms. The first-order valence-electron chi connectivity index (χ1n) is 5.29. The fraction of sp³-hybridized carbons (Fsp3) is 0. The molecule has 98 valence electrons. The van der Waals surface area contributed by atoms with Crippen LogP contribution in [0, 0.1) is 11.6 Å². The smallest absolute Gasteiger partial charge is 0.255 e. The highest BCUT2D eigenvalue weighted by atomic mass is 79.9. The van der Waals surface area contributed by atoms with Gasteiger partial charge in [0, 0.05) is 10.0 Å². The average Bonchev–Trinajstić information content (AvgIpc) is 2.37. The number of anilines is 2. The van der Waals surface area contributed by atoms with E-state index in [2.05, 4.69) is 21.2 Å². The third kappa shape index (κ3) is 2.90. The predicted octanol–water partition coefficient (Wildman–Crippen LogP) is 3.56. The Bertz CT molecular complexity index is 626. The molecular formula is C13H9BrF2N2O. The topological polar surface area (TPSA) is 55.1 Å². The molecule has 0 heterocycles. The first kappa shape index (κ1) is 13.5. The van der Waals surface area contributed by atoms with Crippen molar-refractivity contribution in [3.8, 4) is 0 Å². The summed E-state index contributed by atoms with van der Waals surface area (Å²) in [4.78, 5) is 11.9. The van der Waals surface area contributed by atoms with Gasteiger partial charge in [-0.05, 0) is 46.3 Å². The van der Waals surface area contributed by atoms with E-state index in [4.69, 9.17) is 5.73 Å². The Morgan fingerprint density at radius 2 is 1.89 bits per heavy atom. The van der Waals surface area contributed by atoms with Crippen molar-refractivity contribution in [2.75, 3.05) is 11.1 Å². The molecule has 0 saturated heterocycles. The van der Waals surface area contributed by atoms with Crippen LogP contribution in [-0.2, 0) is 0 Å². The molecule has 6 heteroatoms. The van der Waals surface area contributed by atoms with E-state index in [-0.39, 0.29) is 16.9 Å². The Kier molecular flexibility index (Phi) is 3.80. The van der Waals surface area contributed by atoms with E-state index in [9.17, 15) is 13.6 Å². The van der Waals surface area contributed by atoms with Gasteiger partial charge in [0.25, 0.3) is 5.91 Å². The van der Waals surface area contributed by atoms with Gasteiger partial charge in [0.2, 0.25) is 0 Å². The van der Waals surface area contributed by atoms with Crippen molar-refractivity contribution in [1.29, 1.82) is 0 Å². The van der Waals surface area contributed by atoms with Gasteiger partial charge in [-0.2, -0.15) is 0 Å². The Labute approximate surface area is 116 Å². The molecule has 3 N–H and O–H groups in total. The first-order valence-corrected chi connectivity index (χ1v) is 6.08. The summed E-state index contributed by atoms with van der Waals surface area (Å²) in [6, 6.07) is 7.87. The van der Waals surface area contributed by atoms with Crippen molar-refractivity contribution in [2.24, 2.45) is 0 Å². The minimum atomic E-state index is -0.608. The molecular weight excluding hydrogens is 318 g/mol. The van der Waals surface area contributed by atoms with Crippen LogP contribution in [0.3, 0.4) is 0 Å². The molecule has 0 aromatic heterocycles. The summed E-state index contributed by atoms with van der Waals surface area (Å²) < 4.78 is 26.9. The number of amides is 1. The summed E-state index contributed by atoms with van der Waals surface area (Å²) in [6.07, 6.45) is 0. The summed E-state index contributed by atoms with van der Waals surface area (Å²) in [5, 5.41) is 2.40. The second-order valence-corrected chi connectivity index (χ2v) is 4.64. The van der Waals surface area contributed by atoms with E-state index < -0.39 is 17.5 Å². The molecule has 0 unspecified atom stereocenters. The maximum absolute atomic E-state index is 13.5. The number of nitrogens with one attached hydrogen (secondary N) is 1. The van der Waals surface area contributed by atoms with Gasteiger partial charge in [-0.15, -0.1) is 0 Å². The zero-order valence-corrected chi connectivity index (χ0v) is 11.2. The van der Waals surface area contributed by atoms with Crippen LogP contribution in [0.5, 0.6) is 0 Å². The molecule has 0 atom stereocenters. The van der Waals surface area contributed by atoms with Crippen molar-refractivity contribution in [3.63, 3.8) is 0 Å². The molecule has 0 radical (unpaired) electrons. The highest BCUT2D eigenvalue weighted by Crippen LogP contribution is 2.26. The van der Waals surface area contributed by atoms with Gasteiger partial charge in [-0.1, -0.05) is 6.07 Å². The lowest BCUT2D eigenvalue weighted by Gasteiger charge is -2.09. The zero-order chi connectivity index (χ0) is 14.0. The molecule has 0 aliphatic heterocycles. The van der Waals surface area contributed by atoms with Crippen LogP contribution in [-0.4, -0.2) is 5.91 Å². The Balaban J connectivity index is 2.28. The van der Waals surface area contributed by atoms with E-state index >= 15 is 0 Å². The normalized spacial score (nSPS) is 10.3. The van der Waals surface area contributed by atoms with Crippen molar-refractivity contribution in [3.05, 3.63) is 58.1 Å². The van der Waals surface area contributed by atoms with Gasteiger partial charge in [-0.25, -0.2) is 8.78 Å². The SMILES string of the molecule is Nc1cc(C(=O)Nc2c(F)cccc2Br)ccc1F. The second-order valence-electron chi connectivity index (χ2n) is 3.79. The number of para-hydroxylation sites is 1. The van der Waals surface area contributed by atoms with Gasteiger partial charge in [-0.3, -0.25) is 4.79 Å². The van der Waals surface area contributed by atoms with Crippen LogP contribution in [0.1, 0.15) is 10.4 Å². The third-order valence-corrected chi connectivity index (χ3v) is 3.12. The number of rotatable bonds is 2. The van der Waals surface area contributed by atoms with Crippen molar-refractivity contribution in [2.45, 2.75) is 0 Å². The van der Waals surface area contributed by atoms with Crippen molar-refractivity contribution < 1.29 is 13.6 Å². The molecule has 3 nitrogen and oxygen atoms in total. The largest absolute Gasteiger partial charge is 0.396 e. The fourth-order valence-corrected chi connectivity index (χ4v) is 1.93. The molecule has 0 bridgehead atoms. The summed E-state index contributed by atoms with van der Waals surface area (Å²) in [5.41, 5.74) is 5.41. The summed E-state index contributed by atoms with van der Waals surface area (Å²) in [5.74, 6) is -1.75. The maximum Gasteiger partial charge on any atom is 0.255 e. The lowest BCUT2D eigenvalue weighted by molar-refractivity contribution is 0.102. The Morgan fingerprint density at radius 3 is 2.53 bits per heavy atom. The number of halogens is 3. The molecule has 2 aromatic rings. The molecule has 1 amide bonds. The van der Waals surface area contributed by atoms with Crippen molar-refractivity contribution in [1.82, 2.24) is 0 Å². The number of hydrogen-bond donors (Lipinski definition) is 2. The Morgan fingerprint density at radius 1 is 1.16 bits per heavy atom. The molecule has 0 aliphatic carbocycles. The standard InChI is InChI=1S/C13H9BrF2N2O/c14-8-2-1-3-10(16)12(8)18-13(19)7-4-5-9(15)11(17)6-7/h1-6H,17H2,(H,18,19). The average molecular weight is 327 g/mol.